The molecular formula is C11H14N2O. The standard InChI is InChI=1S/C11H14N2O/c1-2-3-7-11(14)13-9-10-6-4-5-8-12-10/h2,4-6,8H,1,3,7,9H2,(H,13,14). The summed E-state index contributed by atoms with van der Waals surface area (Å²) < 4.78 is 0. The molecule has 1 rings (SSSR count). The van der Waals surface area contributed by atoms with Crippen molar-refractivity contribution in [3.8, 4) is 0 Å². The summed E-state index contributed by atoms with van der Waals surface area (Å²) in [7, 11) is 0. The van der Waals surface area contributed by atoms with E-state index >= 15 is 0 Å². The van der Waals surface area contributed by atoms with Gasteiger partial charge in [0.25, 0.3) is 0 Å². The first-order chi connectivity index (χ1) is 6.83. The van der Waals surface area contributed by atoms with Crippen LogP contribution < -0.4 is 5.32 Å². The normalized spacial score (nSPS) is 9.43. The van der Waals surface area contributed by atoms with Crippen LogP contribution in [-0.2, 0) is 11.3 Å². The monoisotopic (exact) mass is 190 g/mol. The molecule has 1 amide bonds. The van der Waals surface area contributed by atoms with E-state index in [9.17, 15) is 4.79 Å². The molecule has 1 N–H and O–H groups in total. The van der Waals surface area contributed by atoms with E-state index in [1.54, 1.807) is 12.3 Å². The zero-order chi connectivity index (χ0) is 10.2. The molecule has 1 aromatic rings. The van der Waals surface area contributed by atoms with Crippen molar-refractivity contribution in [2.45, 2.75) is 19.4 Å². The fourth-order valence-electron chi connectivity index (χ4n) is 1.01. The molecule has 0 aliphatic rings. The summed E-state index contributed by atoms with van der Waals surface area (Å²) in [6.45, 7) is 4.06. The van der Waals surface area contributed by atoms with E-state index in [-0.39, 0.29) is 5.91 Å². The largest absolute Gasteiger partial charge is 0.350 e. The number of allylic oxidation sites excluding steroid dienone is 1. The van der Waals surface area contributed by atoms with Crippen molar-refractivity contribution in [1.82, 2.24) is 10.3 Å². The third kappa shape index (κ3) is 3.85. The molecule has 14 heavy (non-hydrogen) atoms. The van der Waals surface area contributed by atoms with Crippen molar-refractivity contribution >= 4 is 5.91 Å². The van der Waals surface area contributed by atoms with Gasteiger partial charge in [-0.05, 0) is 18.6 Å². The smallest absolute Gasteiger partial charge is 0.220 e. The highest BCUT2D eigenvalue weighted by Crippen LogP contribution is 1.94. The Morgan fingerprint density at radius 1 is 1.57 bits per heavy atom. The van der Waals surface area contributed by atoms with E-state index in [1.165, 1.54) is 0 Å². The maximum Gasteiger partial charge on any atom is 0.220 e. The van der Waals surface area contributed by atoms with Crippen LogP contribution in [0.5, 0.6) is 0 Å². The molecule has 0 radical (unpaired) electrons. The minimum Gasteiger partial charge on any atom is -0.350 e. The van der Waals surface area contributed by atoms with E-state index in [4.69, 9.17) is 0 Å². The molecule has 3 heteroatoms. The van der Waals surface area contributed by atoms with Gasteiger partial charge in [-0.3, -0.25) is 9.78 Å². The lowest BCUT2D eigenvalue weighted by Gasteiger charge is -2.02. The summed E-state index contributed by atoms with van der Waals surface area (Å²) in [5.41, 5.74) is 0.874. The number of rotatable bonds is 5. The van der Waals surface area contributed by atoms with Crippen LogP contribution in [0.1, 0.15) is 18.5 Å². The van der Waals surface area contributed by atoms with Gasteiger partial charge in [-0.2, -0.15) is 0 Å². The number of carbonyl (C=O) groups is 1. The predicted octanol–water partition coefficient (Wildman–Crippen LogP) is 1.66. The highest BCUT2D eigenvalue weighted by molar-refractivity contribution is 5.75. The number of aromatic nitrogens is 1. The molecule has 0 aromatic carbocycles. The topological polar surface area (TPSA) is 42.0 Å². The fourth-order valence-corrected chi connectivity index (χ4v) is 1.01. The van der Waals surface area contributed by atoms with Crippen molar-refractivity contribution in [2.24, 2.45) is 0 Å². The Kier molecular flexibility index (Phi) is 4.41. The number of hydrogen-bond acceptors (Lipinski definition) is 2. The summed E-state index contributed by atoms with van der Waals surface area (Å²) in [5, 5.41) is 2.78. The van der Waals surface area contributed by atoms with Gasteiger partial charge >= 0.3 is 0 Å². The van der Waals surface area contributed by atoms with Gasteiger partial charge < -0.3 is 5.32 Å². The second kappa shape index (κ2) is 5.91. The molecule has 0 aliphatic heterocycles. The Labute approximate surface area is 83.9 Å². The number of carbonyl (C=O) groups excluding carboxylic acids is 1. The maximum absolute atomic E-state index is 11.2. The number of amides is 1. The highest BCUT2D eigenvalue weighted by atomic mass is 16.1. The SMILES string of the molecule is C=CCCC(=O)NCc1ccccn1. The van der Waals surface area contributed by atoms with Gasteiger partial charge in [-0.1, -0.05) is 12.1 Å². The molecule has 1 aromatic heterocycles. The Bertz CT molecular complexity index is 295. The molecular weight excluding hydrogens is 176 g/mol. The van der Waals surface area contributed by atoms with E-state index in [1.807, 2.05) is 18.2 Å². The lowest BCUT2D eigenvalue weighted by atomic mass is 10.3. The Balaban J connectivity index is 2.27. The zero-order valence-corrected chi connectivity index (χ0v) is 8.07. The number of nitrogens with zero attached hydrogens (tertiary/aromatic N) is 1. The summed E-state index contributed by atoms with van der Waals surface area (Å²) >= 11 is 0. The van der Waals surface area contributed by atoms with Crippen LogP contribution in [0.3, 0.4) is 0 Å². The third-order valence-electron chi connectivity index (χ3n) is 1.77. The van der Waals surface area contributed by atoms with Gasteiger partial charge in [0.1, 0.15) is 0 Å². The maximum atomic E-state index is 11.2. The Morgan fingerprint density at radius 2 is 2.43 bits per heavy atom. The lowest BCUT2D eigenvalue weighted by Crippen LogP contribution is -2.22. The Morgan fingerprint density at radius 3 is 3.07 bits per heavy atom. The highest BCUT2D eigenvalue weighted by Gasteiger charge is 1.99. The number of nitrogens with one attached hydrogen (secondary N) is 1. The second-order valence-electron chi connectivity index (χ2n) is 2.93. The molecule has 1 heterocycles. The van der Waals surface area contributed by atoms with Crippen molar-refractivity contribution in [3.05, 3.63) is 42.7 Å². The van der Waals surface area contributed by atoms with E-state index < -0.39 is 0 Å². The zero-order valence-electron chi connectivity index (χ0n) is 8.07. The molecule has 3 nitrogen and oxygen atoms in total. The van der Waals surface area contributed by atoms with Crippen LogP contribution in [0, 0.1) is 0 Å². The van der Waals surface area contributed by atoms with Gasteiger partial charge in [0, 0.05) is 12.6 Å². The van der Waals surface area contributed by atoms with Crippen molar-refractivity contribution in [1.29, 1.82) is 0 Å². The minimum atomic E-state index is 0.0375. The number of pyridine rings is 1. The number of hydrogen-bond donors (Lipinski definition) is 1. The second-order valence-corrected chi connectivity index (χ2v) is 2.93. The van der Waals surface area contributed by atoms with Crippen LogP contribution in [0.25, 0.3) is 0 Å². The first kappa shape index (κ1) is 10.4. The van der Waals surface area contributed by atoms with Gasteiger partial charge in [-0.15, -0.1) is 6.58 Å². The van der Waals surface area contributed by atoms with Crippen LogP contribution in [0.2, 0.25) is 0 Å². The molecule has 0 saturated heterocycles. The van der Waals surface area contributed by atoms with E-state index in [2.05, 4.69) is 16.9 Å². The van der Waals surface area contributed by atoms with Crippen LogP contribution in [-0.4, -0.2) is 10.9 Å². The van der Waals surface area contributed by atoms with Gasteiger partial charge in [0.15, 0.2) is 0 Å². The van der Waals surface area contributed by atoms with Gasteiger partial charge in [0.05, 0.1) is 12.2 Å². The summed E-state index contributed by atoms with van der Waals surface area (Å²) in [6, 6.07) is 5.63. The fraction of sp³-hybridized carbons (Fsp3) is 0.273. The molecule has 74 valence electrons. The first-order valence-electron chi connectivity index (χ1n) is 4.60. The first-order valence-corrected chi connectivity index (χ1v) is 4.60. The molecule has 0 saturated carbocycles. The van der Waals surface area contributed by atoms with Gasteiger partial charge in [0.2, 0.25) is 5.91 Å². The summed E-state index contributed by atoms with van der Waals surface area (Å²) in [4.78, 5) is 15.3. The third-order valence-corrected chi connectivity index (χ3v) is 1.77. The molecule has 0 bridgehead atoms. The average molecular weight is 190 g/mol. The van der Waals surface area contributed by atoms with Crippen molar-refractivity contribution in [3.63, 3.8) is 0 Å². The van der Waals surface area contributed by atoms with Crippen molar-refractivity contribution in [2.75, 3.05) is 0 Å². The molecule has 0 spiro atoms. The summed E-state index contributed by atoms with van der Waals surface area (Å²) in [6.07, 6.45) is 4.66. The summed E-state index contributed by atoms with van der Waals surface area (Å²) in [5.74, 6) is 0.0375. The molecule has 0 fully saturated rings. The molecule has 0 atom stereocenters. The quantitative estimate of drug-likeness (QED) is 0.717. The molecule has 0 unspecified atom stereocenters. The molecule has 0 aliphatic carbocycles. The average Bonchev–Trinajstić information content (AvgIpc) is 2.25. The predicted molar refractivity (Wildman–Crippen MR) is 55.5 cm³/mol. The Hall–Kier alpha value is -1.64. The van der Waals surface area contributed by atoms with Crippen LogP contribution in [0.4, 0.5) is 0 Å². The van der Waals surface area contributed by atoms with Gasteiger partial charge in [-0.25, -0.2) is 0 Å². The van der Waals surface area contributed by atoms with E-state index in [0.29, 0.717) is 19.4 Å². The van der Waals surface area contributed by atoms with E-state index in [0.717, 1.165) is 5.69 Å². The minimum absolute atomic E-state index is 0.0375. The lowest BCUT2D eigenvalue weighted by molar-refractivity contribution is -0.121. The van der Waals surface area contributed by atoms with Crippen LogP contribution >= 0.6 is 0 Å². The van der Waals surface area contributed by atoms with Crippen LogP contribution in [0.15, 0.2) is 37.1 Å². The van der Waals surface area contributed by atoms with Crippen molar-refractivity contribution < 1.29 is 4.79 Å².